The maximum absolute atomic E-state index is 12.5. The van der Waals surface area contributed by atoms with Crippen LogP contribution in [0.15, 0.2) is 24.3 Å². The van der Waals surface area contributed by atoms with Gasteiger partial charge in [-0.05, 0) is 37.5 Å². The van der Waals surface area contributed by atoms with Gasteiger partial charge in [0.05, 0.1) is 19.4 Å². The summed E-state index contributed by atoms with van der Waals surface area (Å²) in [6.45, 7) is 1.79. The second-order valence-corrected chi connectivity index (χ2v) is 7.02. The summed E-state index contributed by atoms with van der Waals surface area (Å²) in [4.78, 5) is 35.3. The highest BCUT2D eigenvalue weighted by Crippen LogP contribution is 2.32. The zero-order valence-corrected chi connectivity index (χ0v) is 15.3. The van der Waals surface area contributed by atoms with Crippen molar-refractivity contribution in [2.45, 2.75) is 44.6 Å². The van der Waals surface area contributed by atoms with Gasteiger partial charge >= 0.3 is 5.97 Å². The third-order valence-corrected chi connectivity index (χ3v) is 4.81. The molecule has 1 aromatic carbocycles. The van der Waals surface area contributed by atoms with Crippen LogP contribution in [0.2, 0.25) is 0 Å². The molecule has 1 aliphatic carbocycles. The van der Waals surface area contributed by atoms with E-state index in [4.69, 9.17) is 5.73 Å². The van der Waals surface area contributed by atoms with Gasteiger partial charge in [-0.25, -0.2) is 0 Å². The van der Waals surface area contributed by atoms with Gasteiger partial charge in [-0.15, -0.1) is 0 Å². The van der Waals surface area contributed by atoms with Crippen molar-refractivity contribution in [2.75, 3.05) is 19.0 Å². The molecule has 0 heterocycles. The highest BCUT2D eigenvalue weighted by molar-refractivity contribution is 5.93. The first-order chi connectivity index (χ1) is 12.3. The number of anilines is 1. The number of ether oxygens (including phenoxy) is 1. The number of hydrogen-bond donors (Lipinski definition) is 3. The van der Waals surface area contributed by atoms with Gasteiger partial charge in [0.15, 0.2) is 0 Å². The fourth-order valence-corrected chi connectivity index (χ4v) is 3.22. The topological polar surface area (TPSA) is 111 Å². The molecule has 1 fully saturated rings. The molecule has 7 heteroatoms. The van der Waals surface area contributed by atoms with Crippen LogP contribution in [0.25, 0.3) is 0 Å². The summed E-state index contributed by atoms with van der Waals surface area (Å²) >= 11 is 0. The third-order valence-electron chi connectivity index (χ3n) is 4.81. The summed E-state index contributed by atoms with van der Waals surface area (Å²) in [6, 6.07) is 7.07. The lowest BCUT2D eigenvalue weighted by atomic mass is 9.74. The number of benzene rings is 1. The van der Waals surface area contributed by atoms with Gasteiger partial charge in [0.25, 0.3) is 0 Å². The van der Waals surface area contributed by atoms with E-state index in [1.54, 1.807) is 24.3 Å². The number of nitrogens with two attached hydrogens (primary N) is 1. The van der Waals surface area contributed by atoms with Crippen molar-refractivity contribution < 1.29 is 19.1 Å². The Morgan fingerprint density at radius 2 is 1.92 bits per heavy atom. The van der Waals surface area contributed by atoms with E-state index in [9.17, 15) is 14.4 Å². The minimum absolute atomic E-state index is 0.0572. The second-order valence-electron chi connectivity index (χ2n) is 7.02. The number of carbonyl (C=O) groups is 3. The van der Waals surface area contributed by atoms with Crippen LogP contribution in [0.3, 0.4) is 0 Å². The molecule has 0 aliphatic heterocycles. The number of methoxy groups -OCH3 is 1. The van der Waals surface area contributed by atoms with Crippen molar-refractivity contribution in [1.29, 1.82) is 0 Å². The number of amides is 2. The molecular weight excluding hydrogens is 334 g/mol. The van der Waals surface area contributed by atoms with Gasteiger partial charge in [-0.3, -0.25) is 14.4 Å². The SMILES string of the molecule is COC(=O)CNC(=O)Cc1ccc(NC(=O)C2CCCCC2(C)N)cc1. The number of nitrogens with one attached hydrogen (secondary N) is 2. The number of carbonyl (C=O) groups excluding carboxylic acids is 3. The summed E-state index contributed by atoms with van der Waals surface area (Å²) in [5, 5.41) is 5.40. The molecule has 0 spiro atoms. The minimum atomic E-state index is -0.494. The molecule has 2 amide bonds. The molecule has 1 saturated carbocycles. The van der Waals surface area contributed by atoms with Crippen LogP contribution in [0, 0.1) is 5.92 Å². The number of esters is 1. The first kappa shape index (κ1) is 19.9. The minimum Gasteiger partial charge on any atom is -0.468 e. The van der Waals surface area contributed by atoms with E-state index in [2.05, 4.69) is 15.4 Å². The molecule has 0 aromatic heterocycles. The van der Waals surface area contributed by atoms with Gasteiger partial charge in [0, 0.05) is 11.2 Å². The van der Waals surface area contributed by atoms with Gasteiger partial charge < -0.3 is 21.1 Å². The monoisotopic (exact) mass is 361 g/mol. The molecule has 2 unspecified atom stereocenters. The average molecular weight is 361 g/mol. The van der Waals surface area contributed by atoms with E-state index in [0.717, 1.165) is 31.2 Å². The highest BCUT2D eigenvalue weighted by atomic mass is 16.5. The van der Waals surface area contributed by atoms with Crippen LogP contribution in [0.4, 0.5) is 5.69 Å². The van der Waals surface area contributed by atoms with Gasteiger partial charge in [-0.1, -0.05) is 25.0 Å². The first-order valence-electron chi connectivity index (χ1n) is 8.84. The van der Waals surface area contributed by atoms with Crippen LogP contribution in [0.5, 0.6) is 0 Å². The number of hydrogen-bond acceptors (Lipinski definition) is 5. The Bertz CT molecular complexity index is 655. The summed E-state index contributed by atoms with van der Waals surface area (Å²) in [5.74, 6) is -1.02. The molecule has 142 valence electrons. The quantitative estimate of drug-likeness (QED) is 0.663. The zero-order valence-electron chi connectivity index (χ0n) is 15.3. The van der Waals surface area contributed by atoms with Gasteiger partial charge in [0.2, 0.25) is 11.8 Å². The van der Waals surface area contributed by atoms with E-state index in [1.807, 2.05) is 6.92 Å². The Morgan fingerprint density at radius 3 is 2.54 bits per heavy atom. The molecule has 0 radical (unpaired) electrons. The van der Waals surface area contributed by atoms with Crippen LogP contribution < -0.4 is 16.4 Å². The van der Waals surface area contributed by atoms with E-state index in [1.165, 1.54) is 7.11 Å². The van der Waals surface area contributed by atoms with Crippen molar-refractivity contribution in [3.63, 3.8) is 0 Å². The van der Waals surface area contributed by atoms with E-state index in [0.29, 0.717) is 5.69 Å². The summed E-state index contributed by atoms with van der Waals surface area (Å²) < 4.78 is 4.47. The Balaban J connectivity index is 1.88. The molecule has 2 atom stereocenters. The Morgan fingerprint density at radius 1 is 1.23 bits per heavy atom. The fraction of sp³-hybridized carbons (Fsp3) is 0.526. The van der Waals surface area contributed by atoms with E-state index >= 15 is 0 Å². The molecule has 7 nitrogen and oxygen atoms in total. The predicted octanol–water partition coefficient (Wildman–Crippen LogP) is 1.36. The Hall–Kier alpha value is -2.41. The standard InChI is InChI=1S/C19H27N3O4/c1-19(20)10-4-3-5-15(19)18(25)22-14-8-6-13(7-9-14)11-16(23)21-12-17(24)26-2/h6-9,15H,3-5,10-12,20H2,1-2H3,(H,21,23)(H,22,25). The second kappa shape index (κ2) is 8.80. The lowest BCUT2D eigenvalue weighted by Crippen LogP contribution is -2.51. The van der Waals surface area contributed by atoms with Crippen molar-refractivity contribution in [3.8, 4) is 0 Å². The van der Waals surface area contributed by atoms with Crippen molar-refractivity contribution in [1.82, 2.24) is 5.32 Å². The molecule has 2 rings (SSSR count). The van der Waals surface area contributed by atoms with E-state index < -0.39 is 11.5 Å². The van der Waals surface area contributed by atoms with Crippen LogP contribution in [0.1, 0.15) is 38.2 Å². The molecular formula is C19H27N3O4. The van der Waals surface area contributed by atoms with Crippen LogP contribution in [-0.2, 0) is 25.5 Å². The predicted molar refractivity (Wildman–Crippen MR) is 98.4 cm³/mol. The zero-order chi connectivity index (χ0) is 19.2. The molecule has 0 saturated heterocycles. The van der Waals surface area contributed by atoms with Crippen molar-refractivity contribution in [2.24, 2.45) is 11.7 Å². The molecule has 1 aromatic rings. The molecule has 26 heavy (non-hydrogen) atoms. The molecule has 0 bridgehead atoms. The summed E-state index contributed by atoms with van der Waals surface area (Å²) in [6.07, 6.45) is 3.88. The summed E-state index contributed by atoms with van der Waals surface area (Å²) in [5.41, 5.74) is 7.26. The third kappa shape index (κ3) is 5.56. The Kier molecular flexibility index (Phi) is 6.74. The Labute approximate surface area is 153 Å². The maximum atomic E-state index is 12.5. The first-order valence-corrected chi connectivity index (χ1v) is 8.84. The smallest absolute Gasteiger partial charge is 0.325 e. The maximum Gasteiger partial charge on any atom is 0.325 e. The van der Waals surface area contributed by atoms with Crippen LogP contribution in [-0.4, -0.2) is 37.0 Å². The van der Waals surface area contributed by atoms with Crippen LogP contribution >= 0.6 is 0 Å². The van der Waals surface area contributed by atoms with E-state index in [-0.39, 0.29) is 30.7 Å². The van der Waals surface area contributed by atoms with Gasteiger partial charge in [-0.2, -0.15) is 0 Å². The van der Waals surface area contributed by atoms with Crippen molar-refractivity contribution >= 4 is 23.5 Å². The fourth-order valence-electron chi connectivity index (χ4n) is 3.22. The molecule has 1 aliphatic rings. The average Bonchev–Trinajstić information content (AvgIpc) is 2.60. The normalized spacial score (nSPS) is 22.3. The number of rotatable bonds is 6. The van der Waals surface area contributed by atoms with Crippen molar-refractivity contribution in [3.05, 3.63) is 29.8 Å². The van der Waals surface area contributed by atoms with Gasteiger partial charge in [0.1, 0.15) is 6.54 Å². The lowest BCUT2D eigenvalue weighted by molar-refractivity contribution is -0.141. The lowest BCUT2D eigenvalue weighted by Gasteiger charge is -2.37. The largest absolute Gasteiger partial charge is 0.468 e. The molecule has 4 N–H and O–H groups in total. The highest BCUT2D eigenvalue weighted by Gasteiger charge is 2.37. The summed E-state index contributed by atoms with van der Waals surface area (Å²) in [7, 11) is 1.27.